The molecule has 1 aromatic heterocycles. The predicted octanol–water partition coefficient (Wildman–Crippen LogP) is 4.21. The number of piperidine rings is 1. The fourth-order valence-electron chi connectivity index (χ4n) is 3.79. The molecule has 34 heavy (non-hydrogen) atoms. The Morgan fingerprint density at radius 1 is 1.15 bits per heavy atom. The van der Waals surface area contributed by atoms with Crippen molar-refractivity contribution in [1.29, 1.82) is 0 Å². The highest BCUT2D eigenvalue weighted by Crippen LogP contribution is 2.31. The van der Waals surface area contributed by atoms with E-state index in [1.54, 1.807) is 0 Å². The number of aromatic nitrogens is 3. The molecule has 0 saturated carbocycles. The average Bonchev–Trinajstić information content (AvgIpc) is 3.28. The predicted molar refractivity (Wildman–Crippen MR) is 131 cm³/mol. The summed E-state index contributed by atoms with van der Waals surface area (Å²) >= 11 is 1.28. The van der Waals surface area contributed by atoms with Crippen molar-refractivity contribution in [2.45, 2.75) is 31.3 Å². The number of carbonyl (C=O) groups is 1. The molecule has 3 aromatic rings. The van der Waals surface area contributed by atoms with E-state index in [-0.39, 0.29) is 23.1 Å². The normalized spacial score (nSPS) is 13.5. The molecule has 1 saturated heterocycles. The van der Waals surface area contributed by atoms with Crippen LogP contribution in [-0.2, 0) is 4.79 Å². The molecule has 0 radical (unpaired) electrons. The lowest BCUT2D eigenvalue weighted by Gasteiger charge is -2.27. The minimum atomic E-state index is -0.512. The molecule has 1 aliphatic rings. The van der Waals surface area contributed by atoms with Gasteiger partial charge in [0.1, 0.15) is 5.75 Å². The Balaban J connectivity index is 1.52. The standard InChI is InChI=1S/C23H26N6O4S/c1-16-6-8-17(9-7-16)28-22(27-12-4-3-5-13-27)25-26-23(28)34-15-21(30)24-19-11-10-18(29(31)32)14-20(19)33-2/h6-11,14H,3-5,12-13,15H2,1-2H3,(H,24,30). The zero-order valence-corrected chi connectivity index (χ0v) is 19.9. The summed E-state index contributed by atoms with van der Waals surface area (Å²) in [6, 6.07) is 12.2. The molecule has 0 spiro atoms. The van der Waals surface area contributed by atoms with E-state index in [1.807, 2.05) is 35.8 Å². The zero-order chi connectivity index (χ0) is 24.1. The fourth-order valence-corrected chi connectivity index (χ4v) is 4.53. The summed E-state index contributed by atoms with van der Waals surface area (Å²) in [5.41, 5.74) is 2.35. The Hall–Kier alpha value is -3.60. The number of hydrogen-bond donors (Lipinski definition) is 1. The number of rotatable bonds is 8. The van der Waals surface area contributed by atoms with Gasteiger partial charge in [-0.25, -0.2) is 0 Å². The molecular formula is C23H26N6O4S. The van der Waals surface area contributed by atoms with Crippen molar-refractivity contribution in [2.75, 3.05) is 36.2 Å². The second-order valence-corrected chi connectivity index (χ2v) is 8.92. The number of carbonyl (C=O) groups excluding carboxylic acids is 1. The molecule has 0 unspecified atom stereocenters. The minimum Gasteiger partial charge on any atom is -0.494 e. The van der Waals surface area contributed by atoms with Crippen LogP contribution in [0.1, 0.15) is 24.8 Å². The summed E-state index contributed by atoms with van der Waals surface area (Å²) in [5, 5.41) is 23.2. The molecule has 1 N–H and O–H groups in total. The van der Waals surface area contributed by atoms with Crippen molar-refractivity contribution in [2.24, 2.45) is 0 Å². The van der Waals surface area contributed by atoms with Gasteiger partial charge >= 0.3 is 0 Å². The van der Waals surface area contributed by atoms with E-state index in [0.717, 1.165) is 43.1 Å². The van der Waals surface area contributed by atoms with E-state index in [4.69, 9.17) is 4.74 Å². The number of benzene rings is 2. The molecule has 0 atom stereocenters. The first-order valence-corrected chi connectivity index (χ1v) is 12.0. The third-order valence-corrected chi connectivity index (χ3v) is 6.48. The Labute approximate surface area is 201 Å². The third-order valence-electron chi connectivity index (χ3n) is 5.55. The van der Waals surface area contributed by atoms with Gasteiger partial charge in [0.15, 0.2) is 5.16 Å². The summed E-state index contributed by atoms with van der Waals surface area (Å²) < 4.78 is 7.19. The van der Waals surface area contributed by atoms with Crippen molar-refractivity contribution in [3.63, 3.8) is 0 Å². The van der Waals surface area contributed by atoms with E-state index in [1.165, 1.54) is 43.5 Å². The van der Waals surface area contributed by atoms with E-state index < -0.39 is 4.92 Å². The van der Waals surface area contributed by atoms with Crippen molar-refractivity contribution >= 4 is 35.0 Å². The summed E-state index contributed by atoms with van der Waals surface area (Å²) in [7, 11) is 1.40. The first kappa shape index (κ1) is 23.6. The van der Waals surface area contributed by atoms with Crippen LogP contribution in [0.25, 0.3) is 5.69 Å². The first-order valence-electron chi connectivity index (χ1n) is 11.0. The van der Waals surface area contributed by atoms with Crippen molar-refractivity contribution < 1.29 is 14.5 Å². The number of anilines is 2. The molecule has 1 fully saturated rings. The van der Waals surface area contributed by atoms with Gasteiger partial charge in [-0.15, -0.1) is 10.2 Å². The van der Waals surface area contributed by atoms with Crippen LogP contribution in [0, 0.1) is 17.0 Å². The van der Waals surface area contributed by atoms with Gasteiger partial charge in [-0.3, -0.25) is 19.5 Å². The van der Waals surface area contributed by atoms with E-state index in [0.29, 0.717) is 10.8 Å². The number of nitrogens with one attached hydrogen (secondary N) is 1. The molecule has 2 heterocycles. The largest absolute Gasteiger partial charge is 0.494 e. The van der Waals surface area contributed by atoms with Crippen LogP contribution < -0.4 is 15.0 Å². The minimum absolute atomic E-state index is 0.0874. The number of methoxy groups -OCH3 is 1. The second-order valence-electron chi connectivity index (χ2n) is 7.98. The number of thioether (sulfide) groups is 1. The summed E-state index contributed by atoms with van der Waals surface area (Å²) in [6.07, 6.45) is 3.44. The number of nitro benzene ring substituents is 1. The maximum absolute atomic E-state index is 12.7. The number of aryl methyl sites for hydroxylation is 1. The number of hydrogen-bond acceptors (Lipinski definition) is 8. The van der Waals surface area contributed by atoms with Crippen LogP contribution in [0.15, 0.2) is 47.6 Å². The lowest BCUT2D eigenvalue weighted by molar-refractivity contribution is -0.384. The quantitative estimate of drug-likeness (QED) is 0.288. The third kappa shape index (κ3) is 5.30. The maximum atomic E-state index is 12.7. The van der Waals surface area contributed by atoms with Gasteiger partial charge < -0.3 is 15.0 Å². The highest BCUT2D eigenvalue weighted by molar-refractivity contribution is 7.99. The van der Waals surface area contributed by atoms with Crippen molar-refractivity contribution in [3.05, 3.63) is 58.1 Å². The van der Waals surface area contributed by atoms with Crippen LogP contribution in [0.4, 0.5) is 17.3 Å². The molecule has 11 heteroatoms. The van der Waals surface area contributed by atoms with Crippen LogP contribution in [0.5, 0.6) is 5.75 Å². The van der Waals surface area contributed by atoms with Gasteiger partial charge in [-0.2, -0.15) is 0 Å². The van der Waals surface area contributed by atoms with E-state index in [9.17, 15) is 14.9 Å². The highest BCUT2D eigenvalue weighted by atomic mass is 32.2. The monoisotopic (exact) mass is 482 g/mol. The Morgan fingerprint density at radius 3 is 2.56 bits per heavy atom. The Bertz CT molecular complexity index is 1170. The van der Waals surface area contributed by atoms with Gasteiger partial charge in [-0.1, -0.05) is 29.5 Å². The summed E-state index contributed by atoms with van der Waals surface area (Å²) in [6.45, 7) is 3.89. The molecule has 1 amide bonds. The second kappa shape index (κ2) is 10.6. The molecular weight excluding hydrogens is 456 g/mol. The van der Waals surface area contributed by atoms with Gasteiger partial charge in [0.25, 0.3) is 5.69 Å². The molecule has 1 aliphatic heterocycles. The molecule has 10 nitrogen and oxygen atoms in total. The number of ether oxygens (including phenoxy) is 1. The van der Waals surface area contributed by atoms with E-state index >= 15 is 0 Å². The van der Waals surface area contributed by atoms with Crippen LogP contribution in [0.2, 0.25) is 0 Å². The Kier molecular flexibility index (Phi) is 7.31. The fraction of sp³-hybridized carbons (Fsp3) is 0.348. The molecule has 178 valence electrons. The molecule has 2 aromatic carbocycles. The van der Waals surface area contributed by atoms with Crippen LogP contribution >= 0.6 is 11.8 Å². The average molecular weight is 483 g/mol. The van der Waals surface area contributed by atoms with Gasteiger partial charge in [0, 0.05) is 19.2 Å². The van der Waals surface area contributed by atoms with Crippen molar-refractivity contribution in [3.8, 4) is 11.4 Å². The topological polar surface area (TPSA) is 115 Å². The van der Waals surface area contributed by atoms with Crippen molar-refractivity contribution in [1.82, 2.24) is 14.8 Å². The number of nitrogens with zero attached hydrogens (tertiary/aromatic N) is 5. The van der Waals surface area contributed by atoms with Crippen LogP contribution in [0.3, 0.4) is 0 Å². The first-order chi connectivity index (χ1) is 16.5. The maximum Gasteiger partial charge on any atom is 0.273 e. The molecule has 0 bridgehead atoms. The molecule has 4 rings (SSSR count). The zero-order valence-electron chi connectivity index (χ0n) is 19.1. The number of amides is 1. The number of nitro groups is 1. The summed E-state index contributed by atoms with van der Waals surface area (Å²) in [4.78, 5) is 25.4. The SMILES string of the molecule is COc1cc([N+](=O)[O-])ccc1NC(=O)CSc1nnc(N2CCCCC2)n1-c1ccc(C)cc1. The van der Waals surface area contributed by atoms with Gasteiger partial charge in [0.2, 0.25) is 11.9 Å². The number of non-ortho nitro benzene ring substituents is 1. The molecule has 0 aliphatic carbocycles. The highest BCUT2D eigenvalue weighted by Gasteiger charge is 2.22. The lowest BCUT2D eigenvalue weighted by atomic mass is 10.1. The van der Waals surface area contributed by atoms with E-state index in [2.05, 4.69) is 20.4 Å². The lowest BCUT2D eigenvalue weighted by Crippen LogP contribution is -2.31. The van der Waals surface area contributed by atoms with Gasteiger partial charge in [0.05, 0.1) is 35.2 Å². The Morgan fingerprint density at radius 2 is 1.88 bits per heavy atom. The summed E-state index contributed by atoms with van der Waals surface area (Å²) in [5.74, 6) is 0.811. The van der Waals surface area contributed by atoms with Gasteiger partial charge in [-0.05, 0) is 44.4 Å². The van der Waals surface area contributed by atoms with Crippen LogP contribution in [-0.4, -0.2) is 51.5 Å². The smallest absolute Gasteiger partial charge is 0.273 e.